The Balaban J connectivity index is 1.73. The zero-order chi connectivity index (χ0) is 20.5. The number of anilines is 1. The van der Waals surface area contributed by atoms with Crippen molar-refractivity contribution in [3.63, 3.8) is 0 Å². The summed E-state index contributed by atoms with van der Waals surface area (Å²) in [4.78, 5) is 17.2. The van der Waals surface area contributed by atoms with E-state index < -0.39 is 10.0 Å². The highest BCUT2D eigenvalue weighted by molar-refractivity contribution is 7.89. The maximum atomic E-state index is 12.9. The molecule has 1 aromatic heterocycles. The minimum absolute atomic E-state index is 0.00337. The zero-order valence-electron chi connectivity index (χ0n) is 16.7. The van der Waals surface area contributed by atoms with E-state index in [0.29, 0.717) is 17.2 Å². The van der Waals surface area contributed by atoms with Gasteiger partial charge in [-0.25, -0.2) is 13.4 Å². The third kappa shape index (κ3) is 4.45. The lowest BCUT2D eigenvalue weighted by Gasteiger charge is -2.32. The highest BCUT2D eigenvalue weighted by Crippen LogP contribution is 2.27. The number of amides is 1. The van der Waals surface area contributed by atoms with Crippen LogP contribution >= 0.6 is 11.3 Å². The molecule has 1 aliphatic rings. The van der Waals surface area contributed by atoms with Crippen molar-refractivity contribution < 1.29 is 13.2 Å². The summed E-state index contributed by atoms with van der Waals surface area (Å²) in [6.07, 6.45) is 2.82. The number of carbonyl (C=O) groups is 1. The molecule has 1 amide bonds. The topological polar surface area (TPSA) is 79.4 Å². The van der Waals surface area contributed by atoms with Crippen LogP contribution in [0.2, 0.25) is 0 Å². The molecule has 1 unspecified atom stereocenters. The molecule has 28 heavy (non-hydrogen) atoms. The monoisotopic (exact) mass is 421 g/mol. The number of aromatic nitrogens is 1. The van der Waals surface area contributed by atoms with Crippen molar-refractivity contribution in [2.24, 2.45) is 0 Å². The van der Waals surface area contributed by atoms with Crippen molar-refractivity contribution in [3.8, 4) is 0 Å². The Morgan fingerprint density at radius 2 is 1.89 bits per heavy atom. The first-order valence-electron chi connectivity index (χ1n) is 9.48. The van der Waals surface area contributed by atoms with Gasteiger partial charge in [-0.1, -0.05) is 27.2 Å². The number of rotatable bonds is 4. The number of carbonyl (C=O) groups excluding carboxylic acids is 1. The minimum atomic E-state index is -3.53. The fraction of sp³-hybridized carbons (Fsp3) is 0.500. The highest BCUT2D eigenvalue weighted by Gasteiger charge is 2.31. The van der Waals surface area contributed by atoms with Gasteiger partial charge in [0, 0.05) is 28.9 Å². The quantitative estimate of drug-likeness (QED) is 0.800. The normalized spacial score (nSPS) is 18.8. The first-order chi connectivity index (χ1) is 13.1. The van der Waals surface area contributed by atoms with E-state index in [1.54, 1.807) is 16.4 Å². The summed E-state index contributed by atoms with van der Waals surface area (Å²) in [6.45, 7) is 8.69. The Morgan fingerprint density at radius 1 is 1.21 bits per heavy atom. The lowest BCUT2D eigenvalue weighted by atomic mass is 9.93. The number of hydrogen-bond donors (Lipinski definition) is 1. The summed E-state index contributed by atoms with van der Waals surface area (Å²) < 4.78 is 27.3. The van der Waals surface area contributed by atoms with Gasteiger partial charge in [-0.15, -0.1) is 11.3 Å². The Morgan fingerprint density at radius 3 is 2.46 bits per heavy atom. The number of benzene rings is 1. The van der Waals surface area contributed by atoms with Crippen LogP contribution in [0.5, 0.6) is 0 Å². The molecule has 0 bridgehead atoms. The molecule has 6 nitrogen and oxygen atoms in total. The molecule has 3 rings (SSSR count). The van der Waals surface area contributed by atoms with Crippen LogP contribution in [0.1, 0.15) is 63.0 Å². The summed E-state index contributed by atoms with van der Waals surface area (Å²) >= 11 is 1.38. The van der Waals surface area contributed by atoms with Crippen LogP contribution in [0.4, 0.5) is 5.13 Å². The lowest BCUT2D eigenvalue weighted by molar-refractivity contribution is 0.102. The Bertz CT molecular complexity index is 944. The van der Waals surface area contributed by atoms with Gasteiger partial charge in [-0.2, -0.15) is 4.31 Å². The summed E-state index contributed by atoms with van der Waals surface area (Å²) in [5.74, 6) is -0.301. The van der Waals surface area contributed by atoms with E-state index in [-0.39, 0.29) is 22.3 Å². The second-order valence-corrected chi connectivity index (χ2v) is 11.0. The summed E-state index contributed by atoms with van der Waals surface area (Å²) in [7, 11) is -3.53. The molecule has 1 saturated heterocycles. The third-order valence-corrected chi connectivity index (χ3v) is 7.74. The van der Waals surface area contributed by atoms with Crippen LogP contribution < -0.4 is 5.32 Å². The molecule has 1 fully saturated rings. The maximum absolute atomic E-state index is 12.9. The second-order valence-electron chi connectivity index (χ2n) is 8.23. The summed E-state index contributed by atoms with van der Waals surface area (Å²) in [5, 5.41) is 5.26. The second kappa shape index (κ2) is 7.93. The number of sulfonamides is 1. The molecular weight excluding hydrogens is 394 g/mol. The summed E-state index contributed by atoms with van der Waals surface area (Å²) in [6, 6.07) is 6.12. The predicted octanol–water partition coefficient (Wildman–Crippen LogP) is 4.26. The fourth-order valence-corrected chi connectivity index (χ4v) is 5.82. The molecule has 0 saturated carbocycles. The smallest absolute Gasteiger partial charge is 0.257 e. The lowest BCUT2D eigenvalue weighted by Crippen LogP contribution is -2.41. The van der Waals surface area contributed by atoms with E-state index in [2.05, 4.69) is 31.1 Å². The van der Waals surface area contributed by atoms with E-state index in [1.807, 2.05) is 12.3 Å². The molecule has 152 valence electrons. The molecule has 0 spiro atoms. The van der Waals surface area contributed by atoms with Gasteiger partial charge in [0.15, 0.2) is 5.13 Å². The van der Waals surface area contributed by atoms with Crippen molar-refractivity contribution in [1.82, 2.24) is 9.29 Å². The van der Waals surface area contributed by atoms with Gasteiger partial charge in [0.25, 0.3) is 5.91 Å². The molecule has 1 N–H and O–H groups in total. The van der Waals surface area contributed by atoms with Gasteiger partial charge in [-0.05, 0) is 44.0 Å². The Hall–Kier alpha value is -1.77. The van der Waals surface area contributed by atoms with Crippen molar-refractivity contribution in [1.29, 1.82) is 0 Å². The molecule has 0 aliphatic carbocycles. The zero-order valence-corrected chi connectivity index (χ0v) is 18.4. The van der Waals surface area contributed by atoms with Crippen LogP contribution in [0.15, 0.2) is 34.5 Å². The first kappa shape index (κ1) is 21.0. The fourth-order valence-electron chi connectivity index (χ4n) is 3.19. The van der Waals surface area contributed by atoms with E-state index in [1.165, 1.54) is 23.5 Å². The van der Waals surface area contributed by atoms with E-state index in [4.69, 9.17) is 0 Å². The average molecular weight is 422 g/mol. The van der Waals surface area contributed by atoms with Crippen molar-refractivity contribution in [3.05, 3.63) is 40.9 Å². The molecule has 1 aromatic carbocycles. The molecule has 1 aliphatic heterocycles. The van der Waals surface area contributed by atoms with E-state index in [9.17, 15) is 13.2 Å². The largest absolute Gasteiger partial charge is 0.298 e. The SMILES string of the molecule is CC1CCCCN1S(=O)(=O)c1ccc(C(=O)Nc2nc(C(C)(C)C)cs2)cc1. The highest BCUT2D eigenvalue weighted by atomic mass is 32.2. The molecule has 2 heterocycles. The standard InChI is InChI=1S/C20H27N3O3S2/c1-14-7-5-6-12-23(14)28(25,26)16-10-8-15(9-11-16)18(24)22-19-21-17(13-27-19)20(2,3)4/h8-11,13-14H,5-7,12H2,1-4H3,(H,21,22,24). The third-order valence-electron chi connectivity index (χ3n) is 4.96. The maximum Gasteiger partial charge on any atom is 0.257 e. The number of nitrogens with zero attached hydrogens (tertiary/aromatic N) is 2. The Kier molecular flexibility index (Phi) is 5.93. The molecule has 1 atom stereocenters. The average Bonchev–Trinajstić information content (AvgIpc) is 3.11. The summed E-state index contributed by atoms with van der Waals surface area (Å²) in [5.41, 5.74) is 1.24. The number of piperidine rings is 1. The van der Waals surface area contributed by atoms with Gasteiger partial charge in [0.05, 0.1) is 10.6 Å². The number of nitrogens with one attached hydrogen (secondary N) is 1. The van der Waals surface area contributed by atoms with Crippen molar-refractivity contribution in [2.75, 3.05) is 11.9 Å². The number of hydrogen-bond acceptors (Lipinski definition) is 5. The molecule has 2 aromatic rings. The first-order valence-corrected chi connectivity index (χ1v) is 11.8. The van der Waals surface area contributed by atoms with Crippen LogP contribution in [-0.2, 0) is 15.4 Å². The van der Waals surface area contributed by atoms with Gasteiger partial charge in [-0.3, -0.25) is 10.1 Å². The molecular formula is C20H27N3O3S2. The van der Waals surface area contributed by atoms with Crippen LogP contribution in [0.25, 0.3) is 0 Å². The van der Waals surface area contributed by atoms with Gasteiger partial charge in [0.1, 0.15) is 0 Å². The molecule has 8 heteroatoms. The van der Waals surface area contributed by atoms with E-state index in [0.717, 1.165) is 25.0 Å². The van der Waals surface area contributed by atoms with Crippen molar-refractivity contribution >= 4 is 32.4 Å². The molecule has 0 radical (unpaired) electrons. The van der Waals surface area contributed by atoms with Gasteiger partial charge < -0.3 is 0 Å². The number of thiazole rings is 1. The van der Waals surface area contributed by atoms with E-state index >= 15 is 0 Å². The van der Waals surface area contributed by atoms with Gasteiger partial charge in [0.2, 0.25) is 10.0 Å². The van der Waals surface area contributed by atoms with Crippen LogP contribution in [0, 0.1) is 0 Å². The predicted molar refractivity (Wildman–Crippen MR) is 112 cm³/mol. The van der Waals surface area contributed by atoms with Gasteiger partial charge >= 0.3 is 0 Å². The minimum Gasteiger partial charge on any atom is -0.298 e. The Labute approximate surface area is 171 Å². The van der Waals surface area contributed by atoms with Crippen LogP contribution in [0.3, 0.4) is 0 Å². The van der Waals surface area contributed by atoms with Crippen molar-refractivity contribution in [2.45, 2.75) is 63.3 Å². The van der Waals surface area contributed by atoms with Crippen LogP contribution in [-0.4, -0.2) is 36.2 Å².